The molecule has 0 bridgehead atoms. The van der Waals surface area contributed by atoms with Crippen molar-refractivity contribution < 1.29 is 25.2 Å². The molecule has 0 aliphatic carbocycles. The first-order valence-corrected chi connectivity index (χ1v) is 38.7. The average molecular weight is 1190 g/mol. The molecule has 500 valence electrons. The highest BCUT2D eigenvalue weighted by Crippen LogP contribution is 2.20. The number of aliphatic hydroxyl groups is 4. The monoisotopic (exact) mass is 1180 g/mol. The SMILES string of the molecule is CCCCCCCCCCCCCCCCCCCCCCC/C=C/CC/C=C/CCCC(O)C(O)C(CO)NC(=O)C(O)CCCCCCCCCCCCCCCCCCCCCCCCCCCCCCCCCCCCCCCC. The Morgan fingerprint density at radius 3 is 0.750 bits per heavy atom. The highest BCUT2D eigenvalue weighted by atomic mass is 16.3. The molecule has 0 heterocycles. The van der Waals surface area contributed by atoms with Crippen molar-refractivity contribution in [2.24, 2.45) is 0 Å². The topological polar surface area (TPSA) is 110 Å². The molecule has 0 radical (unpaired) electrons. The number of carbonyl (C=O) groups excluding carboxylic acids is 1. The summed E-state index contributed by atoms with van der Waals surface area (Å²) in [6, 6.07) is -1.01. The number of amides is 1. The molecule has 0 rings (SSSR count). The van der Waals surface area contributed by atoms with Crippen molar-refractivity contribution in [2.45, 2.75) is 462 Å². The Morgan fingerprint density at radius 2 is 0.500 bits per heavy atom. The predicted molar refractivity (Wildman–Crippen MR) is 371 cm³/mol. The normalized spacial score (nSPS) is 13.5. The Hall–Kier alpha value is -1.21. The standard InChI is InChI=1S/C78H153NO5/c1-3-5-7-9-11-13-15-17-19-21-23-25-27-29-31-33-35-36-37-38-39-40-41-42-44-46-48-50-52-54-56-58-60-62-64-66-68-70-72-76(82)78(84)79-74(73-80)77(83)75(81)71-69-67-65-63-61-59-57-55-53-51-49-47-45-43-34-32-30-28-26-24-22-20-18-16-14-12-10-8-6-4-2/h55,57,63,65,74-77,80-83H,3-54,56,58-62,64,66-73H2,1-2H3,(H,79,84)/b57-55+,65-63+. The van der Waals surface area contributed by atoms with Crippen LogP contribution < -0.4 is 5.32 Å². The van der Waals surface area contributed by atoms with Gasteiger partial charge in [-0.05, 0) is 51.4 Å². The average Bonchev–Trinajstić information content (AvgIpc) is 3.53. The van der Waals surface area contributed by atoms with Crippen LogP contribution in [-0.4, -0.2) is 57.3 Å². The second-order valence-electron chi connectivity index (χ2n) is 27.1. The predicted octanol–water partition coefficient (Wildman–Crippen LogP) is 24.4. The summed E-state index contributed by atoms with van der Waals surface area (Å²) in [7, 11) is 0. The van der Waals surface area contributed by atoms with Gasteiger partial charge in [-0.1, -0.05) is 411 Å². The van der Waals surface area contributed by atoms with Gasteiger partial charge in [-0.15, -0.1) is 0 Å². The van der Waals surface area contributed by atoms with Gasteiger partial charge in [0.25, 0.3) is 0 Å². The van der Waals surface area contributed by atoms with Crippen LogP contribution in [0.3, 0.4) is 0 Å². The number of unbranched alkanes of at least 4 members (excludes halogenated alkanes) is 60. The summed E-state index contributed by atoms with van der Waals surface area (Å²) < 4.78 is 0. The molecule has 0 aromatic rings. The number of hydrogen-bond donors (Lipinski definition) is 5. The number of carbonyl (C=O) groups is 1. The molecule has 0 aliphatic heterocycles. The Kier molecular flexibility index (Phi) is 71.5. The molecular formula is C78H153NO5. The molecule has 5 N–H and O–H groups in total. The minimum absolute atomic E-state index is 0.365. The molecule has 0 aromatic carbocycles. The molecule has 6 nitrogen and oxygen atoms in total. The molecule has 84 heavy (non-hydrogen) atoms. The number of hydrogen-bond acceptors (Lipinski definition) is 5. The Morgan fingerprint density at radius 1 is 0.286 bits per heavy atom. The summed E-state index contributed by atoms with van der Waals surface area (Å²) in [5, 5.41) is 44.3. The van der Waals surface area contributed by atoms with Gasteiger partial charge in [0.1, 0.15) is 12.2 Å². The summed E-state index contributed by atoms with van der Waals surface area (Å²) in [6.07, 6.45) is 93.5. The van der Waals surface area contributed by atoms with Crippen molar-refractivity contribution >= 4 is 5.91 Å². The van der Waals surface area contributed by atoms with Crippen LogP contribution in [-0.2, 0) is 4.79 Å². The maximum atomic E-state index is 12.7. The molecule has 0 spiro atoms. The summed E-state index contributed by atoms with van der Waals surface area (Å²) in [5.74, 6) is -0.588. The van der Waals surface area contributed by atoms with Gasteiger partial charge in [-0.25, -0.2) is 0 Å². The lowest BCUT2D eigenvalue weighted by atomic mass is 10.00. The summed E-state index contributed by atoms with van der Waals surface area (Å²) >= 11 is 0. The van der Waals surface area contributed by atoms with E-state index in [1.165, 1.54) is 366 Å². The van der Waals surface area contributed by atoms with E-state index in [4.69, 9.17) is 0 Å². The van der Waals surface area contributed by atoms with E-state index >= 15 is 0 Å². The van der Waals surface area contributed by atoms with Crippen molar-refractivity contribution in [3.8, 4) is 0 Å². The van der Waals surface area contributed by atoms with Crippen LogP contribution in [0.25, 0.3) is 0 Å². The third-order valence-corrected chi connectivity index (χ3v) is 18.6. The first kappa shape index (κ1) is 82.8. The van der Waals surface area contributed by atoms with Crippen LogP contribution in [0, 0.1) is 0 Å². The Balaban J connectivity index is 3.52. The van der Waals surface area contributed by atoms with E-state index in [0.29, 0.717) is 19.3 Å². The maximum absolute atomic E-state index is 12.7. The summed E-state index contributed by atoms with van der Waals surface area (Å²) in [4.78, 5) is 12.7. The third kappa shape index (κ3) is 65.2. The lowest BCUT2D eigenvalue weighted by molar-refractivity contribution is -0.132. The molecule has 0 saturated carbocycles. The fourth-order valence-electron chi connectivity index (χ4n) is 12.7. The highest BCUT2D eigenvalue weighted by molar-refractivity contribution is 5.80. The molecule has 4 unspecified atom stereocenters. The van der Waals surface area contributed by atoms with Crippen molar-refractivity contribution in [3.63, 3.8) is 0 Å². The zero-order valence-electron chi connectivity index (χ0n) is 57.2. The molecule has 4 atom stereocenters. The first-order chi connectivity index (χ1) is 41.5. The second-order valence-corrected chi connectivity index (χ2v) is 27.1. The van der Waals surface area contributed by atoms with E-state index in [-0.39, 0.29) is 0 Å². The molecular weight excluding hydrogens is 1030 g/mol. The molecule has 0 fully saturated rings. The minimum atomic E-state index is -1.29. The number of aliphatic hydroxyl groups excluding tert-OH is 4. The zero-order valence-corrected chi connectivity index (χ0v) is 57.2. The van der Waals surface area contributed by atoms with E-state index in [1.807, 2.05) is 0 Å². The van der Waals surface area contributed by atoms with Gasteiger partial charge in [0.15, 0.2) is 0 Å². The number of rotatable bonds is 73. The largest absolute Gasteiger partial charge is 0.394 e. The number of allylic oxidation sites excluding steroid dienone is 4. The van der Waals surface area contributed by atoms with Crippen LogP contribution in [0.15, 0.2) is 24.3 Å². The highest BCUT2D eigenvalue weighted by Gasteiger charge is 2.28. The smallest absolute Gasteiger partial charge is 0.249 e. The van der Waals surface area contributed by atoms with E-state index in [1.54, 1.807) is 0 Å². The minimum Gasteiger partial charge on any atom is -0.394 e. The van der Waals surface area contributed by atoms with Crippen LogP contribution in [0.1, 0.15) is 438 Å². The van der Waals surface area contributed by atoms with E-state index < -0.39 is 36.9 Å². The van der Waals surface area contributed by atoms with Crippen molar-refractivity contribution in [2.75, 3.05) is 6.61 Å². The number of nitrogens with one attached hydrogen (secondary N) is 1. The lowest BCUT2D eigenvalue weighted by Crippen LogP contribution is -2.53. The summed E-state index contributed by atoms with van der Waals surface area (Å²) in [5.41, 5.74) is 0. The lowest BCUT2D eigenvalue weighted by Gasteiger charge is -2.27. The molecule has 6 heteroatoms. The van der Waals surface area contributed by atoms with Crippen molar-refractivity contribution in [1.82, 2.24) is 5.32 Å². The van der Waals surface area contributed by atoms with Crippen LogP contribution in [0.5, 0.6) is 0 Å². The second kappa shape index (κ2) is 72.5. The molecule has 0 aromatic heterocycles. The fourth-order valence-corrected chi connectivity index (χ4v) is 12.7. The van der Waals surface area contributed by atoms with Crippen molar-refractivity contribution in [3.05, 3.63) is 24.3 Å². The zero-order chi connectivity index (χ0) is 60.8. The van der Waals surface area contributed by atoms with Gasteiger partial charge in [0.2, 0.25) is 5.91 Å². The quantitative estimate of drug-likeness (QED) is 0.0308. The van der Waals surface area contributed by atoms with E-state index in [0.717, 1.165) is 38.5 Å². The van der Waals surface area contributed by atoms with Gasteiger partial charge >= 0.3 is 0 Å². The Labute approximate surface area is 526 Å². The summed E-state index contributed by atoms with van der Waals surface area (Å²) in [6.45, 7) is 4.11. The van der Waals surface area contributed by atoms with E-state index in [2.05, 4.69) is 43.5 Å². The van der Waals surface area contributed by atoms with Crippen LogP contribution in [0.4, 0.5) is 0 Å². The molecule has 0 saturated heterocycles. The van der Waals surface area contributed by atoms with Gasteiger partial charge < -0.3 is 25.7 Å². The Bertz CT molecular complexity index is 1290. The van der Waals surface area contributed by atoms with Gasteiger partial charge in [-0.3, -0.25) is 4.79 Å². The van der Waals surface area contributed by atoms with Gasteiger partial charge in [0, 0.05) is 0 Å². The third-order valence-electron chi connectivity index (χ3n) is 18.6. The van der Waals surface area contributed by atoms with Gasteiger partial charge in [0.05, 0.1) is 18.8 Å². The van der Waals surface area contributed by atoms with E-state index in [9.17, 15) is 25.2 Å². The van der Waals surface area contributed by atoms with Crippen LogP contribution in [0.2, 0.25) is 0 Å². The maximum Gasteiger partial charge on any atom is 0.249 e. The molecule has 0 aliphatic rings. The van der Waals surface area contributed by atoms with Crippen LogP contribution >= 0.6 is 0 Å². The molecule has 1 amide bonds. The first-order valence-electron chi connectivity index (χ1n) is 38.7. The van der Waals surface area contributed by atoms with Gasteiger partial charge in [-0.2, -0.15) is 0 Å². The fraction of sp³-hybridized carbons (Fsp3) is 0.936. The van der Waals surface area contributed by atoms with Crippen molar-refractivity contribution in [1.29, 1.82) is 0 Å².